The molecule has 0 atom stereocenters. The summed E-state index contributed by atoms with van der Waals surface area (Å²) in [6.07, 6.45) is 1.60. The lowest BCUT2D eigenvalue weighted by Crippen LogP contribution is -2.19. The topological polar surface area (TPSA) is 83.0 Å². The van der Waals surface area contributed by atoms with E-state index in [0.717, 1.165) is 11.4 Å². The molecule has 0 saturated heterocycles. The molecule has 2 N–H and O–H groups in total. The highest BCUT2D eigenvalue weighted by molar-refractivity contribution is 7.99. The Morgan fingerprint density at radius 1 is 1.36 bits per heavy atom. The van der Waals surface area contributed by atoms with E-state index in [1.54, 1.807) is 6.21 Å². The maximum atomic E-state index is 11.7. The van der Waals surface area contributed by atoms with Gasteiger partial charge in [0.25, 0.3) is 5.91 Å². The minimum Gasteiger partial charge on any atom is -0.272 e. The summed E-state index contributed by atoms with van der Waals surface area (Å²) in [5.74, 6) is 0.824. The van der Waals surface area contributed by atoms with Crippen LogP contribution in [0.2, 0.25) is 0 Å². The lowest BCUT2D eigenvalue weighted by atomic mass is 9.96. The molecule has 1 heterocycles. The number of hydrazone groups is 1. The van der Waals surface area contributed by atoms with Crippen molar-refractivity contribution in [3.63, 3.8) is 0 Å². The first-order chi connectivity index (χ1) is 10.4. The van der Waals surface area contributed by atoms with Gasteiger partial charge in [-0.3, -0.25) is 9.89 Å². The van der Waals surface area contributed by atoms with E-state index >= 15 is 0 Å². The summed E-state index contributed by atoms with van der Waals surface area (Å²) in [4.78, 5) is 16.1. The molecule has 1 aromatic heterocycles. The first kappa shape index (κ1) is 16.2. The zero-order chi connectivity index (χ0) is 16.0. The summed E-state index contributed by atoms with van der Waals surface area (Å²) >= 11 is 1.27. The van der Waals surface area contributed by atoms with Crippen LogP contribution in [0.1, 0.15) is 32.2 Å². The number of rotatable bonds is 5. The molecule has 0 aliphatic heterocycles. The zero-order valence-corrected chi connectivity index (χ0v) is 13.6. The van der Waals surface area contributed by atoms with Gasteiger partial charge < -0.3 is 0 Å². The summed E-state index contributed by atoms with van der Waals surface area (Å²) in [6.45, 7) is 6.15. The molecule has 1 aromatic carbocycles. The molecule has 2 aromatic rings. The van der Waals surface area contributed by atoms with E-state index < -0.39 is 0 Å². The third kappa shape index (κ3) is 5.00. The van der Waals surface area contributed by atoms with Gasteiger partial charge in [-0.1, -0.05) is 62.9 Å². The number of aromatic nitrogens is 3. The fraction of sp³-hybridized carbons (Fsp3) is 0.333. The van der Waals surface area contributed by atoms with Crippen LogP contribution in [0.4, 0.5) is 0 Å². The Morgan fingerprint density at radius 3 is 2.73 bits per heavy atom. The van der Waals surface area contributed by atoms with Gasteiger partial charge in [0.15, 0.2) is 0 Å². The molecule has 0 bridgehead atoms. The van der Waals surface area contributed by atoms with Crippen molar-refractivity contribution in [3.8, 4) is 0 Å². The van der Waals surface area contributed by atoms with Crippen molar-refractivity contribution in [1.29, 1.82) is 0 Å². The number of nitrogens with zero attached hydrogens (tertiary/aromatic N) is 3. The minimum atomic E-state index is -0.195. The molecule has 6 nitrogen and oxygen atoms in total. The van der Waals surface area contributed by atoms with Crippen LogP contribution < -0.4 is 5.43 Å². The molecule has 0 fully saturated rings. The lowest BCUT2D eigenvalue weighted by Gasteiger charge is -2.12. The van der Waals surface area contributed by atoms with Gasteiger partial charge in [-0.2, -0.15) is 5.10 Å². The van der Waals surface area contributed by atoms with Crippen LogP contribution in [0.3, 0.4) is 0 Å². The van der Waals surface area contributed by atoms with E-state index in [4.69, 9.17) is 0 Å². The van der Waals surface area contributed by atoms with E-state index in [1.807, 2.05) is 51.1 Å². The van der Waals surface area contributed by atoms with Crippen molar-refractivity contribution in [2.24, 2.45) is 5.10 Å². The number of benzene rings is 1. The summed E-state index contributed by atoms with van der Waals surface area (Å²) in [7, 11) is 0. The number of aromatic amines is 1. The number of H-pyrrole nitrogens is 1. The second-order valence-electron chi connectivity index (χ2n) is 5.71. The summed E-state index contributed by atoms with van der Waals surface area (Å²) in [5, 5.41) is 11.5. The van der Waals surface area contributed by atoms with Crippen molar-refractivity contribution >= 4 is 23.9 Å². The molecule has 1 amide bonds. The zero-order valence-electron chi connectivity index (χ0n) is 12.8. The van der Waals surface area contributed by atoms with E-state index in [1.165, 1.54) is 11.8 Å². The summed E-state index contributed by atoms with van der Waals surface area (Å²) in [6, 6.07) is 9.57. The predicted molar refractivity (Wildman–Crippen MR) is 88.0 cm³/mol. The SMILES string of the molecule is CC(C)(C)c1nc(SCC(=O)NN=Cc2ccccc2)n[nH]1. The Bertz CT molecular complexity index is 645. The van der Waals surface area contributed by atoms with Crippen LogP contribution in [0, 0.1) is 0 Å². The fourth-order valence-electron chi connectivity index (χ4n) is 1.53. The largest absolute Gasteiger partial charge is 0.272 e. The molecule has 0 aliphatic carbocycles. The van der Waals surface area contributed by atoms with Gasteiger partial charge in [0.1, 0.15) is 5.82 Å². The molecule has 0 radical (unpaired) electrons. The molecule has 0 saturated carbocycles. The normalized spacial score (nSPS) is 11.8. The molecule has 116 valence electrons. The average molecular weight is 317 g/mol. The Labute approximate surface area is 133 Å². The Morgan fingerprint density at radius 2 is 2.09 bits per heavy atom. The van der Waals surface area contributed by atoms with Gasteiger partial charge in [-0.05, 0) is 5.56 Å². The van der Waals surface area contributed by atoms with Gasteiger partial charge in [0, 0.05) is 5.41 Å². The highest BCUT2D eigenvalue weighted by atomic mass is 32.2. The van der Waals surface area contributed by atoms with Crippen molar-refractivity contribution in [2.75, 3.05) is 5.75 Å². The number of carbonyl (C=O) groups excluding carboxylic acids is 1. The Balaban J connectivity index is 1.78. The number of nitrogens with one attached hydrogen (secondary N) is 2. The van der Waals surface area contributed by atoms with E-state index in [2.05, 4.69) is 25.7 Å². The van der Waals surface area contributed by atoms with E-state index in [-0.39, 0.29) is 17.1 Å². The number of thioether (sulfide) groups is 1. The molecule has 0 unspecified atom stereocenters. The molecule has 7 heteroatoms. The van der Waals surface area contributed by atoms with Crippen LogP contribution in [0.5, 0.6) is 0 Å². The summed E-state index contributed by atoms with van der Waals surface area (Å²) in [5.41, 5.74) is 3.32. The highest BCUT2D eigenvalue weighted by Crippen LogP contribution is 2.20. The number of hydrogen-bond acceptors (Lipinski definition) is 5. The van der Waals surface area contributed by atoms with Crippen molar-refractivity contribution < 1.29 is 4.79 Å². The maximum Gasteiger partial charge on any atom is 0.250 e. The standard InChI is InChI=1S/C15H19N5OS/c1-15(2,3)13-17-14(20-19-13)22-10-12(21)18-16-9-11-7-5-4-6-8-11/h4-9H,10H2,1-3H3,(H,18,21)(H,17,19,20). The van der Waals surface area contributed by atoms with Crippen LogP contribution in [0.25, 0.3) is 0 Å². The highest BCUT2D eigenvalue weighted by Gasteiger charge is 2.18. The van der Waals surface area contributed by atoms with Crippen LogP contribution >= 0.6 is 11.8 Å². The average Bonchev–Trinajstić information content (AvgIpc) is 2.95. The van der Waals surface area contributed by atoms with Crippen LogP contribution in [-0.4, -0.2) is 33.1 Å². The maximum absolute atomic E-state index is 11.7. The Hall–Kier alpha value is -2.15. The monoisotopic (exact) mass is 317 g/mol. The molecular weight excluding hydrogens is 298 g/mol. The van der Waals surface area contributed by atoms with Crippen molar-refractivity contribution in [1.82, 2.24) is 20.6 Å². The predicted octanol–water partition coefficient (Wildman–Crippen LogP) is 2.34. The first-order valence-corrected chi connectivity index (χ1v) is 7.86. The third-order valence-electron chi connectivity index (χ3n) is 2.71. The van der Waals surface area contributed by atoms with Gasteiger partial charge in [-0.25, -0.2) is 10.4 Å². The number of amides is 1. The van der Waals surface area contributed by atoms with Crippen molar-refractivity contribution in [2.45, 2.75) is 31.3 Å². The lowest BCUT2D eigenvalue weighted by molar-refractivity contribution is -0.118. The van der Waals surface area contributed by atoms with Crippen LogP contribution in [0.15, 0.2) is 40.6 Å². The second-order valence-corrected chi connectivity index (χ2v) is 6.65. The molecule has 2 rings (SSSR count). The minimum absolute atomic E-state index is 0.0892. The van der Waals surface area contributed by atoms with Crippen LogP contribution in [-0.2, 0) is 10.2 Å². The van der Waals surface area contributed by atoms with Crippen molar-refractivity contribution in [3.05, 3.63) is 41.7 Å². The number of hydrogen-bond donors (Lipinski definition) is 2. The third-order valence-corrected chi connectivity index (χ3v) is 3.56. The van der Waals surface area contributed by atoms with Gasteiger partial charge in [0.2, 0.25) is 5.16 Å². The summed E-state index contributed by atoms with van der Waals surface area (Å²) < 4.78 is 0. The van der Waals surface area contributed by atoms with Gasteiger partial charge >= 0.3 is 0 Å². The van der Waals surface area contributed by atoms with Gasteiger partial charge in [-0.15, -0.1) is 5.10 Å². The van der Waals surface area contributed by atoms with Gasteiger partial charge in [0.05, 0.1) is 12.0 Å². The fourth-order valence-corrected chi connectivity index (χ4v) is 2.12. The quantitative estimate of drug-likeness (QED) is 0.504. The Kier molecular flexibility index (Phi) is 5.32. The molecule has 0 aliphatic rings. The van der Waals surface area contributed by atoms with E-state index in [9.17, 15) is 4.79 Å². The number of carbonyl (C=O) groups is 1. The van der Waals surface area contributed by atoms with E-state index in [0.29, 0.717) is 5.16 Å². The molecule has 22 heavy (non-hydrogen) atoms. The molecule has 0 spiro atoms. The first-order valence-electron chi connectivity index (χ1n) is 6.88. The smallest absolute Gasteiger partial charge is 0.250 e. The molecular formula is C15H19N5OS. The second kappa shape index (κ2) is 7.22.